The maximum atomic E-state index is 13.3. The van der Waals surface area contributed by atoms with Crippen LogP contribution in [0.5, 0.6) is 11.5 Å². The van der Waals surface area contributed by atoms with Gasteiger partial charge in [-0.25, -0.2) is 0 Å². The molecule has 3 heterocycles. The summed E-state index contributed by atoms with van der Waals surface area (Å²) >= 11 is 1.29. The van der Waals surface area contributed by atoms with Crippen molar-refractivity contribution in [3.8, 4) is 11.5 Å². The summed E-state index contributed by atoms with van der Waals surface area (Å²) in [6.45, 7) is 3.12. The van der Waals surface area contributed by atoms with E-state index in [1.165, 1.54) is 17.8 Å². The maximum Gasteiger partial charge on any atom is 0.290 e. The number of likely N-dealkylation sites (tertiary alicyclic amines) is 1. The van der Waals surface area contributed by atoms with Crippen molar-refractivity contribution < 1.29 is 24.2 Å². The third-order valence-electron chi connectivity index (χ3n) is 6.12. The lowest BCUT2D eigenvalue weighted by atomic mass is 9.95. The zero-order chi connectivity index (χ0) is 22.7. The zero-order valence-electron chi connectivity index (χ0n) is 18.4. The molecule has 7 nitrogen and oxygen atoms in total. The van der Waals surface area contributed by atoms with Crippen LogP contribution in [0.25, 0.3) is 0 Å². The number of aliphatic hydroxyl groups excluding tert-OH is 1. The van der Waals surface area contributed by atoms with Crippen molar-refractivity contribution in [2.45, 2.75) is 25.3 Å². The minimum Gasteiger partial charge on any atom is -0.503 e. The van der Waals surface area contributed by atoms with Gasteiger partial charge in [-0.15, -0.1) is 11.3 Å². The lowest BCUT2D eigenvalue weighted by Crippen LogP contribution is -2.40. The smallest absolute Gasteiger partial charge is 0.290 e. The van der Waals surface area contributed by atoms with Crippen molar-refractivity contribution in [3.63, 3.8) is 0 Å². The Morgan fingerprint density at radius 3 is 2.50 bits per heavy atom. The van der Waals surface area contributed by atoms with E-state index in [4.69, 9.17) is 9.47 Å². The highest BCUT2D eigenvalue weighted by Gasteiger charge is 2.44. The fourth-order valence-corrected chi connectivity index (χ4v) is 5.14. The quantitative estimate of drug-likeness (QED) is 0.608. The number of hydrogen-bond acceptors (Lipinski definition) is 7. The number of rotatable bonds is 8. The van der Waals surface area contributed by atoms with Gasteiger partial charge in [0.05, 0.1) is 30.7 Å². The topological polar surface area (TPSA) is 79.3 Å². The van der Waals surface area contributed by atoms with Gasteiger partial charge >= 0.3 is 0 Å². The van der Waals surface area contributed by atoms with Gasteiger partial charge in [-0.3, -0.25) is 9.59 Å². The third-order valence-corrected chi connectivity index (χ3v) is 6.99. The number of methoxy groups -OCH3 is 2. The maximum absolute atomic E-state index is 13.3. The first-order chi connectivity index (χ1) is 15.5. The Balaban J connectivity index is 1.71. The van der Waals surface area contributed by atoms with Gasteiger partial charge < -0.3 is 24.4 Å². The molecule has 0 radical (unpaired) electrons. The second-order valence-corrected chi connectivity index (χ2v) is 8.93. The van der Waals surface area contributed by atoms with E-state index in [0.717, 1.165) is 25.9 Å². The van der Waals surface area contributed by atoms with Crippen LogP contribution in [0.15, 0.2) is 47.0 Å². The van der Waals surface area contributed by atoms with Crippen LogP contribution >= 0.6 is 11.3 Å². The summed E-state index contributed by atoms with van der Waals surface area (Å²) in [5, 5.41) is 12.6. The number of ether oxygens (including phenoxy) is 2. The molecule has 1 amide bonds. The first-order valence-electron chi connectivity index (χ1n) is 10.8. The summed E-state index contributed by atoms with van der Waals surface area (Å²) in [5.41, 5.74) is 0.807. The summed E-state index contributed by atoms with van der Waals surface area (Å²) in [7, 11) is 3.10. The summed E-state index contributed by atoms with van der Waals surface area (Å²) in [5.74, 6) is -0.253. The normalized spacial score (nSPS) is 19.5. The molecule has 0 saturated carbocycles. The van der Waals surface area contributed by atoms with Gasteiger partial charge in [0.1, 0.15) is 0 Å². The van der Waals surface area contributed by atoms with Gasteiger partial charge in [-0.2, -0.15) is 0 Å². The zero-order valence-corrected chi connectivity index (χ0v) is 19.2. The first kappa shape index (κ1) is 22.4. The molecule has 1 fully saturated rings. The van der Waals surface area contributed by atoms with Crippen molar-refractivity contribution >= 4 is 23.0 Å². The third kappa shape index (κ3) is 4.25. The van der Waals surface area contributed by atoms with Gasteiger partial charge in [-0.1, -0.05) is 18.6 Å². The number of carbonyl (C=O) groups excluding carboxylic acids is 2. The van der Waals surface area contributed by atoms with Crippen molar-refractivity contribution in [2.75, 3.05) is 40.4 Å². The molecule has 32 heavy (non-hydrogen) atoms. The molecule has 1 aromatic carbocycles. The molecular weight excluding hydrogens is 428 g/mol. The summed E-state index contributed by atoms with van der Waals surface area (Å²) in [6.07, 6.45) is 3.53. The Labute approximate surface area is 191 Å². The predicted molar refractivity (Wildman–Crippen MR) is 123 cm³/mol. The van der Waals surface area contributed by atoms with Crippen molar-refractivity contribution in [1.29, 1.82) is 0 Å². The molecule has 2 aliphatic rings. The van der Waals surface area contributed by atoms with Crippen LogP contribution in [0.1, 0.15) is 40.5 Å². The molecule has 2 aliphatic heterocycles. The van der Waals surface area contributed by atoms with Crippen LogP contribution in [-0.4, -0.2) is 67.0 Å². The summed E-state index contributed by atoms with van der Waals surface area (Å²) in [6, 6.07) is 8.13. The second kappa shape index (κ2) is 9.75. The fraction of sp³-hybridized carbons (Fsp3) is 0.417. The van der Waals surface area contributed by atoms with Crippen LogP contribution in [0.3, 0.4) is 0 Å². The molecule has 1 N–H and O–H groups in total. The molecule has 1 aromatic heterocycles. The lowest BCUT2D eigenvalue weighted by molar-refractivity contribution is -0.129. The van der Waals surface area contributed by atoms with Crippen molar-refractivity contribution in [2.24, 2.45) is 0 Å². The number of piperidine rings is 1. The predicted octanol–water partition coefficient (Wildman–Crippen LogP) is 3.83. The van der Waals surface area contributed by atoms with Gasteiger partial charge in [-0.05, 0) is 55.1 Å². The highest BCUT2D eigenvalue weighted by Crippen LogP contribution is 2.42. The Hall–Kier alpha value is -2.84. The molecule has 0 bridgehead atoms. The number of benzene rings is 1. The molecule has 170 valence electrons. The number of aliphatic hydroxyl groups is 1. The van der Waals surface area contributed by atoms with E-state index in [-0.39, 0.29) is 11.4 Å². The number of Topliss-reactive ketones (excluding diaryl/α,β-unsaturated/α-hetero) is 1. The van der Waals surface area contributed by atoms with E-state index in [1.807, 2.05) is 6.07 Å². The highest BCUT2D eigenvalue weighted by molar-refractivity contribution is 7.12. The monoisotopic (exact) mass is 456 g/mol. The number of hydrogen-bond donors (Lipinski definition) is 1. The molecule has 0 spiro atoms. The van der Waals surface area contributed by atoms with Crippen LogP contribution in [0, 0.1) is 0 Å². The largest absolute Gasteiger partial charge is 0.503 e. The Morgan fingerprint density at radius 1 is 1.09 bits per heavy atom. The number of carbonyl (C=O) groups is 2. The minimum atomic E-state index is -0.693. The van der Waals surface area contributed by atoms with Crippen LogP contribution in [0.2, 0.25) is 0 Å². The molecule has 0 aliphatic carbocycles. The van der Waals surface area contributed by atoms with Gasteiger partial charge in [0.2, 0.25) is 5.78 Å². The van der Waals surface area contributed by atoms with Crippen LogP contribution in [0.4, 0.5) is 0 Å². The van der Waals surface area contributed by atoms with Crippen LogP contribution < -0.4 is 9.47 Å². The molecule has 1 unspecified atom stereocenters. The van der Waals surface area contributed by atoms with Gasteiger partial charge in [0.15, 0.2) is 17.3 Å². The lowest BCUT2D eigenvalue weighted by Gasteiger charge is -2.32. The van der Waals surface area contributed by atoms with E-state index in [9.17, 15) is 14.7 Å². The van der Waals surface area contributed by atoms with Crippen molar-refractivity contribution in [3.05, 3.63) is 57.5 Å². The molecule has 8 heteroatoms. The summed E-state index contributed by atoms with van der Waals surface area (Å²) < 4.78 is 10.8. The number of amides is 1. The SMILES string of the molecule is COc1ccc(C2C(C(=O)c3cccs3)=C(O)C(=O)N2CCN2CCCCC2)cc1OC. The van der Waals surface area contributed by atoms with E-state index < -0.39 is 17.7 Å². The van der Waals surface area contributed by atoms with Crippen LogP contribution in [-0.2, 0) is 4.79 Å². The van der Waals surface area contributed by atoms with E-state index >= 15 is 0 Å². The Kier molecular flexibility index (Phi) is 6.81. The molecule has 1 atom stereocenters. The van der Waals surface area contributed by atoms with Gasteiger partial charge in [0.25, 0.3) is 5.91 Å². The Morgan fingerprint density at radius 2 is 1.84 bits per heavy atom. The molecule has 2 aromatic rings. The average Bonchev–Trinajstić information content (AvgIpc) is 3.45. The number of thiophene rings is 1. The average molecular weight is 457 g/mol. The fourth-order valence-electron chi connectivity index (χ4n) is 4.46. The standard InChI is InChI=1S/C24H28N2O5S/c1-30-17-9-8-16(15-18(17)31-2)21-20(22(27)19-7-6-14-32-19)23(28)24(29)26(21)13-12-25-10-4-3-5-11-25/h6-9,14-15,21,28H,3-5,10-13H2,1-2H3. The number of nitrogens with zero attached hydrogens (tertiary/aromatic N) is 2. The van der Waals surface area contributed by atoms with E-state index in [1.54, 1.807) is 48.8 Å². The van der Waals surface area contributed by atoms with Crippen molar-refractivity contribution in [1.82, 2.24) is 9.80 Å². The molecular formula is C24H28N2O5S. The van der Waals surface area contributed by atoms with E-state index in [0.29, 0.717) is 35.0 Å². The number of ketones is 1. The highest BCUT2D eigenvalue weighted by atomic mass is 32.1. The minimum absolute atomic E-state index is 0.114. The molecule has 1 saturated heterocycles. The Bertz CT molecular complexity index is 1010. The molecule has 4 rings (SSSR count). The van der Waals surface area contributed by atoms with Gasteiger partial charge in [0, 0.05) is 13.1 Å². The summed E-state index contributed by atoms with van der Waals surface area (Å²) in [4.78, 5) is 30.9. The van der Waals surface area contributed by atoms with E-state index in [2.05, 4.69) is 4.90 Å². The second-order valence-electron chi connectivity index (χ2n) is 7.99. The first-order valence-corrected chi connectivity index (χ1v) is 11.7.